The maximum atomic E-state index is 12.6. The minimum Gasteiger partial charge on any atom is -0.497 e. The van der Waals surface area contributed by atoms with Crippen LogP contribution in [0.25, 0.3) is 0 Å². The summed E-state index contributed by atoms with van der Waals surface area (Å²) < 4.78 is 21.0. The predicted molar refractivity (Wildman–Crippen MR) is 99.8 cm³/mol. The maximum Gasteiger partial charge on any atom is 0.335 e. The molecule has 0 spiro atoms. The van der Waals surface area contributed by atoms with Crippen molar-refractivity contribution < 1.29 is 28.5 Å². The summed E-state index contributed by atoms with van der Waals surface area (Å²) in [6.07, 6.45) is 2.50. The Morgan fingerprint density at radius 3 is 2.78 bits per heavy atom. The summed E-state index contributed by atoms with van der Waals surface area (Å²) in [5.41, 5.74) is 0.915. The fraction of sp³-hybridized carbons (Fsp3) is 0.500. The van der Waals surface area contributed by atoms with Crippen molar-refractivity contribution in [1.82, 2.24) is 4.90 Å². The zero-order valence-corrected chi connectivity index (χ0v) is 16.1. The van der Waals surface area contributed by atoms with Crippen LogP contribution in [-0.4, -0.2) is 56.9 Å². The molecule has 2 rings (SSSR count). The number of methoxy groups -OCH3 is 2. The van der Waals surface area contributed by atoms with E-state index in [0.29, 0.717) is 18.0 Å². The van der Waals surface area contributed by atoms with Crippen LogP contribution < -0.4 is 9.47 Å². The molecule has 1 heterocycles. The molecule has 1 aromatic rings. The summed E-state index contributed by atoms with van der Waals surface area (Å²) in [5.74, 6) is 0.555. The third kappa shape index (κ3) is 5.23. The van der Waals surface area contributed by atoms with Crippen molar-refractivity contribution in [3.05, 3.63) is 36.4 Å². The Bertz CT molecular complexity index is 674. The number of hydrogen-bond acceptors (Lipinski definition) is 6. The van der Waals surface area contributed by atoms with Crippen LogP contribution in [0.4, 0.5) is 0 Å². The number of ether oxygens (including phenoxy) is 4. The van der Waals surface area contributed by atoms with Gasteiger partial charge in [-0.3, -0.25) is 4.79 Å². The molecule has 0 N–H and O–H groups in total. The summed E-state index contributed by atoms with van der Waals surface area (Å²) in [5, 5.41) is 0. The quantitative estimate of drug-likeness (QED) is 0.486. The molecule has 7 heteroatoms. The van der Waals surface area contributed by atoms with E-state index in [1.807, 2.05) is 12.1 Å². The van der Waals surface area contributed by atoms with Gasteiger partial charge in [-0.15, -0.1) is 6.58 Å². The maximum absolute atomic E-state index is 12.6. The number of nitrogens with zero attached hydrogens (tertiary/aromatic N) is 1. The lowest BCUT2D eigenvalue weighted by Crippen LogP contribution is -2.35. The molecule has 1 saturated heterocycles. The van der Waals surface area contributed by atoms with Gasteiger partial charge in [-0.1, -0.05) is 6.08 Å². The molecule has 1 fully saturated rings. The van der Waals surface area contributed by atoms with Crippen molar-refractivity contribution in [3.8, 4) is 11.5 Å². The van der Waals surface area contributed by atoms with Crippen LogP contribution >= 0.6 is 0 Å². The normalized spacial score (nSPS) is 17.3. The number of rotatable bonds is 9. The van der Waals surface area contributed by atoms with Crippen molar-refractivity contribution in [3.63, 3.8) is 0 Å². The zero-order chi connectivity index (χ0) is 19.8. The number of carbonyl (C=O) groups is 2. The highest BCUT2D eigenvalue weighted by Gasteiger charge is 2.32. The number of benzene rings is 1. The number of carbonyl (C=O) groups excluding carboxylic acids is 2. The van der Waals surface area contributed by atoms with Gasteiger partial charge in [0, 0.05) is 18.2 Å². The van der Waals surface area contributed by atoms with E-state index in [1.54, 1.807) is 38.2 Å². The van der Waals surface area contributed by atoms with Gasteiger partial charge in [0.15, 0.2) is 12.7 Å². The Hall–Kier alpha value is -2.54. The van der Waals surface area contributed by atoms with Gasteiger partial charge in [0.05, 0.1) is 26.9 Å². The largest absolute Gasteiger partial charge is 0.497 e. The van der Waals surface area contributed by atoms with Gasteiger partial charge in [-0.25, -0.2) is 4.79 Å². The molecule has 0 bridgehead atoms. The van der Waals surface area contributed by atoms with E-state index >= 15 is 0 Å². The highest BCUT2D eigenvalue weighted by molar-refractivity contribution is 5.82. The van der Waals surface area contributed by atoms with Gasteiger partial charge in [0.25, 0.3) is 5.91 Å². The van der Waals surface area contributed by atoms with E-state index in [4.69, 9.17) is 18.9 Å². The fourth-order valence-corrected chi connectivity index (χ4v) is 3.10. The summed E-state index contributed by atoms with van der Waals surface area (Å²) in [7, 11) is 3.18. The number of hydrogen-bond donors (Lipinski definition) is 0. The SMILES string of the molecule is C=CCOC(C)C(=O)OCC(=O)N1CCCC1c1ccc(OC)cc1OC. The second kappa shape index (κ2) is 9.97. The molecule has 0 aliphatic carbocycles. The second-order valence-corrected chi connectivity index (χ2v) is 6.22. The monoisotopic (exact) mass is 377 g/mol. The van der Waals surface area contributed by atoms with E-state index in [2.05, 4.69) is 6.58 Å². The Morgan fingerprint density at radius 2 is 2.11 bits per heavy atom. The average molecular weight is 377 g/mol. The average Bonchev–Trinajstić information content (AvgIpc) is 3.18. The van der Waals surface area contributed by atoms with E-state index in [9.17, 15) is 9.59 Å². The zero-order valence-electron chi connectivity index (χ0n) is 16.1. The molecule has 0 saturated carbocycles. The topological polar surface area (TPSA) is 74.3 Å². The molecule has 1 aliphatic heterocycles. The number of esters is 1. The third-order valence-corrected chi connectivity index (χ3v) is 4.51. The van der Waals surface area contributed by atoms with Gasteiger partial charge in [-0.05, 0) is 31.9 Å². The summed E-state index contributed by atoms with van der Waals surface area (Å²) in [6, 6.07) is 5.43. The summed E-state index contributed by atoms with van der Waals surface area (Å²) >= 11 is 0. The lowest BCUT2D eigenvalue weighted by atomic mass is 10.0. The first kappa shape index (κ1) is 20.8. The summed E-state index contributed by atoms with van der Waals surface area (Å²) in [6.45, 7) is 5.65. The van der Waals surface area contributed by atoms with Gasteiger partial charge < -0.3 is 23.8 Å². The Morgan fingerprint density at radius 1 is 1.33 bits per heavy atom. The summed E-state index contributed by atoms with van der Waals surface area (Å²) in [4.78, 5) is 26.3. The molecule has 1 amide bonds. The lowest BCUT2D eigenvalue weighted by Gasteiger charge is -2.26. The first-order valence-electron chi connectivity index (χ1n) is 8.92. The Labute approximate surface area is 159 Å². The molecule has 27 heavy (non-hydrogen) atoms. The molecule has 7 nitrogen and oxygen atoms in total. The van der Waals surface area contributed by atoms with Crippen molar-refractivity contribution in [2.24, 2.45) is 0 Å². The second-order valence-electron chi connectivity index (χ2n) is 6.22. The van der Waals surface area contributed by atoms with Crippen LogP contribution in [0.2, 0.25) is 0 Å². The number of amides is 1. The van der Waals surface area contributed by atoms with Gasteiger partial charge in [-0.2, -0.15) is 0 Å². The van der Waals surface area contributed by atoms with Crippen LogP contribution in [0, 0.1) is 0 Å². The minimum atomic E-state index is -0.744. The van der Waals surface area contributed by atoms with Crippen LogP contribution in [0.3, 0.4) is 0 Å². The van der Waals surface area contributed by atoms with Gasteiger partial charge in [0.2, 0.25) is 0 Å². The molecular weight excluding hydrogens is 350 g/mol. The molecular formula is C20H27NO6. The van der Waals surface area contributed by atoms with Crippen molar-refractivity contribution in [1.29, 1.82) is 0 Å². The van der Waals surface area contributed by atoms with Crippen molar-refractivity contribution >= 4 is 11.9 Å². The third-order valence-electron chi connectivity index (χ3n) is 4.51. The minimum absolute atomic E-state index is 0.119. The first-order chi connectivity index (χ1) is 13.0. The Balaban J connectivity index is 2.02. The number of likely N-dealkylation sites (tertiary alicyclic amines) is 1. The van der Waals surface area contributed by atoms with Crippen LogP contribution in [0.5, 0.6) is 11.5 Å². The van der Waals surface area contributed by atoms with E-state index in [1.165, 1.54) is 0 Å². The molecule has 2 atom stereocenters. The molecule has 0 aromatic heterocycles. The predicted octanol–water partition coefficient (Wildman–Crippen LogP) is 2.50. The van der Waals surface area contributed by atoms with E-state index < -0.39 is 12.1 Å². The smallest absolute Gasteiger partial charge is 0.335 e. The lowest BCUT2D eigenvalue weighted by molar-refractivity contribution is -0.160. The standard InChI is InChI=1S/C20H27NO6/c1-5-11-26-14(2)20(23)27-13-19(22)21-10-6-7-17(21)16-9-8-15(24-3)12-18(16)25-4/h5,8-9,12,14,17H,1,6-7,10-11,13H2,2-4H3. The van der Waals surface area contributed by atoms with Crippen LogP contribution in [0.1, 0.15) is 31.4 Å². The molecule has 1 aromatic carbocycles. The van der Waals surface area contributed by atoms with Crippen molar-refractivity contribution in [2.75, 3.05) is 34.0 Å². The first-order valence-corrected chi connectivity index (χ1v) is 8.92. The highest BCUT2D eigenvalue weighted by Crippen LogP contribution is 2.38. The molecule has 0 radical (unpaired) electrons. The van der Waals surface area contributed by atoms with E-state index in [0.717, 1.165) is 18.4 Å². The molecule has 2 unspecified atom stereocenters. The molecule has 1 aliphatic rings. The van der Waals surface area contributed by atoms with Gasteiger partial charge in [0.1, 0.15) is 11.5 Å². The van der Waals surface area contributed by atoms with Crippen LogP contribution in [-0.2, 0) is 19.1 Å². The molecule has 148 valence electrons. The van der Waals surface area contributed by atoms with Crippen LogP contribution in [0.15, 0.2) is 30.9 Å². The van der Waals surface area contributed by atoms with Gasteiger partial charge >= 0.3 is 5.97 Å². The van der Waals surface area contributed by atoms with Crippen molar-refractivity contribution in [2.45, 2.75) is 31.9 Å². The highest BCUT2D eigenvalue weighted by atomic mass is 16.6. The fourth-order valence-electron chi connectivity index (χ4n) is 3.10. The van der Waals surface area contributed by atoms with E-state index in [-0.39, 0.29) is 25.2 Å². The Kier molecular flexibility index (Phi) is 7.67.